The molecule has 2 fully saturated rings. The summed E-state index contributed by atoms with van der Waals surface area (Å²) in [7, 11) is -4.24. The largest absolute Gasteiger partial charge is 0.487 e. The lowest BCUT2D eigenvalue weighted by atomic mass is 10.1. The van der Waals surface area contributed by atoms with Crippen molar-refractivity contribution in [2.45, 2.75) is 51.2 Å². The molecule has 3 heterocycles. The molecule has 16 heteroatoms. The molecule has 1 atom stereocenters. The van der Waals surface area contributed by atoms with E-state index < -0.39 is 22.0 Å². The molecule has 2 amide bonds. The van der Waals surface area contributed by atoms with Crippen LogP contribution in [0.15, 0.2) is 70.7 Å². The first-order valence-electron chi connectivity index (χ1n) is 16.9. The predicted molar refractivity (Wildman–Crippen MR) is 200 cm³/mol. The molecule has 278 valence electrons. The molecule has 2 aliphatic heterocycles. The normalized spacial score (nSPS) is 16.9. The van der Waals surface area contributed by atoms with Gasteiger partial charge in [0.2, 0.25) is 15.9 Å². The minimum Gasteiger partial charge on any atom is -0.487 e. The van der Waals surface area contributed by atoms with E-state index in [9.17, 15) is 22.8 Å². The van der Waals surface area contributed by atoms with Crippen LogP contribution in [0.25, 0.3) is 10.9 Å². The number of halogens is 2. The van der Waals surface area contributed by atoms with Crippen LogP contribution in [-0.4, -0.2) is 89.9 Å². The third-order valence-electron chi connectivity index (χ3n) is 9.29. The molecular weight excluding hydrogens is 743 g/mol. The zero-order valence-electron chi connectivity index (χ0n) is 29.3. The Morgan fingerprint density at radius 3 is 2.38 bits per heavy atom. The number of sulfonamides is 1. The van der Waals surface area contributed by atoms with Crippen LogP contribution < -0.4 is 10.5 Å². The molecule has 1 aromatic heterocycles. The average Bonchev–Trinajstić information content (AvgIpc) is 3.65. The summed E-state index contributed by atoms with van der Waals surface area (Å²) in [6, 6.07) is 15.9. The van der Waals surface area contributed by atoms with Gasteiger partial charge in [0.15, 0.2) is 5.84 Å². The molecule has 2 N–H and O–H groups in total. The Morgan fingerprint density at radius 1 is 0.943 bits per heavy atom. The minimum absolute atomic E-state index is 0.0608. The number of para-hydroxylation sites is 1. The summed E-state index contributed by atoms with van der Waals surface area (Å²) in [6.07, 6.45) is 0.830. The Hall–Kier alpha value is -4.76. The van der Waals surface area contributed by atoms with Gasteiger partial charge in [0, 0.05) is 72.4 Å². The Labute approximate surface area is 317 Å². The molecule has 2 saturated heterocycles. The summed E-state index contributed by atoms with van der Waals surface area (Å²) >= 11 is 13.3. The second kappa shape index (κ2) is 15.7. The summed E-state index contributed by atoms with van der Waals surface area (Å²) < 4.78 is 35.7. The fraction of sp³-hybridized carbons (Fsp3) is 0.324. The van der Waals surface area contributed by atoms with Crippen molar-refractivity contribution in [3.05, 3.63) is 98.7 Å². The summed E-state index contributed by atoms with van der Waals surface area (Å²) in [5, 5.41) is 4.66. The zero-order chi connectivity index (χ0) is 38.0. The van der Waals surface area contributed by atoms with E-state index in [0.717, 1.165) is 16.6 Å². The SMILES string of the molecule is CC(=O)ON=C(N)c1cccc(C(=O)N2CCN(C(=O)C3CCCN3S(=O)(=O)c3ccc(Cl)c(COc4cccc5c(C)cc(C)nc45)c3Cl)CC2)c1. The van der Waals surface area contributed by atoms with Crippen molar-refractivity contribution in [2.75, 3.05) is 32.7 Å². The molecule has 4 aromatic rings. The summed E-state index contributed by atoms with van der Waals surface area (Å²) in [5.41, 5.74) is 9.50. The van der Waals surface area contributed by atoms with E-state index in [0.29, 0.717) is 40.8 Å². The number of benzene rings is 3. The highest BCUT2D eigenvalue weighted by molar-refractivity contribution is 7.89. The Morgan fingerprint density at radius 2 is 1.64 bits per heavy atom. The van der Waals surface area contributed by atoms with Gasteiger partial charge >= 0.3 is 5.97 Å². The number of oxime groups is 1. The van der Waals surface area contributed by atoms with Crippen molar-refractivity contribution in [3.8, 4) is 5.75 Å². The van der Waals surface area contributed by atoms with E-state index in [-0.39, 0.29) is 71.9 Å². The lowest BCUT2D eigenvalue weighted by Crippen LogP contribution is -2.55. The number of carbonyl (C=O) groups is 3. The number of hydrogen-bond acceptors (Lipinski definition) is 9. The molecule has 1 unspecified atom stereocenters. The summed E-state index contributed by atoms with van der Waals surface area (Å²) in [5.74, 6) is -0.795. The van der Waals surface area contributed by atoms with E-state index in [1.807, 2.05) is 32.0 Å². The number of rotatable bonds is 9. The number of amidine groups is 1. The van der Waals surface area contributed by atoms with Gasteiger partial charge in [-0.25, -0.2) is 18.2 Å². The molecule has 0 aliphatic carbocycles. The topological polar surface area (TPSA) is 165 Å². The predicted octanol–water partition coefficient (Wildman–Crippen LogP) is 5.06. The molecular formula is C37H38Cl2N6O7S. The maximum Gasteiger partial charge on any atom is 0.332 e. The Bertz CT molecular complexity index is 2240. The van der Waals surface area contributed by atoms with Crippen molar-refractivity contribution in [1.82, 2.24) is 19.1 Å². The summed E-state index contributed by atoms with van der Waals surface area (Å²) in [6.45, 7) is 6.03. The van der Waals surface area contributed by atoms with Gasteiger partial charge in [-0.2, -0.15) is 4.31 Å². The van der Waals surface area contributed by atoms with Gasteiger partial charge in [0.25, 0.3) is 5.91 Å². The van der Waals surface area contributed by atoms with Crippen LogP contribution in [-0.2, 0) is 31.1 Å². The first kappa shape index (κ1) is 38.0. The molecule has 2 aliphatic rings. The number of hydrogen-bond donors (Lipinski definition) is 1. The van der Waals surface area contributed by atoms with Gasteiger partial charge in [-0.1, -0.05) is 52.6 Å². The number of aromatic nitrogens is 1. The number of nitrogens with zero attached hydrogens (tertiary/aromatic N) is 5. The smallest absolute Gasteiger partial charge is 0.332 e. The highest BCUT2D eigenvalue weighted by Crippen LogP contribution is 2.37. The molecule has 53 heavy (non-hydrogen) atoms. The van der Waals surface area contributed by atoms with Crippen LogP contribution in [0.2, 0.25) is 10.0 Å². The molecule has 0 saturated carbocycles. The fourth-order valence-electron chi connectivity index (χ4n) is 6.63. The minimum atomic E-state index is -4.24. The molecule has 6 rings (SSSR count). The van der Waals surface area contributed by atoms with Crippen LogP contribution in [0, 0.1) is 13.8 Å². The number of pyridine rings is 1. The lowest BCUT2D eigenvalue weighted by Gasteiger charge is -2.37. The van der Waals surface area contributed by atoms with Crippen LogP contribution >= 0.6 is 23.2 Å². The van der Waals surface area contributed by atoms with Crippen molar-refractivity contribution in [1.29, 1.82) is 0 Å². The van der Waals surface area contributed by atoms with Gasteiger partial charge in [0.05, 0.1) is 5.02 Å². The molecule has 0 bridgehead atoms. The van der Waals surface area contributed by atoms with Crippen molar-refractivity contribution in [3.63, 3.8) is 0 Å². The number of aryl methyl sites for hydroxylation is 2. The fourth-order valence-corrected chi connectivity index (χ4v) is 9.15. The standard InChI is InChI=1S/C37H38Cl2N6O7S/c1-22-19-23(2)41-34-27(22)9-5-11-31(34)51-21-28-29(38)12-13-32(33(28)39)53(49,50)45-14-6-10-30(45)37(48)44-17-15-43(16-18-44)36(47)26-8-4-7-25(20-26)35(40)42-52-24(3)46/h4-5,7-9,11-13,19-20,30H,6,10,14-18,21H2,1-3H3,(H2,40,42). The monoisotopic (exact) mass is 780 g/mol. The number of piperazine rings is 1. The third kappa shape index (κ3) is 7.96. The number of ether oxygens (including phenoxy) is 1. The number of fused-ring (bicyclic) bond motifs is 1. The quantitative estimate of drug-likeness (QED) is 0.106. The van der Waals surface area contributed by atoms with Crippen molar-refractivity contribution < 1.29 is 32.4 Å². The van der Waals surface area contributed by atoms with Crippen molar-refractivity contribution >= 4 is 67.7 Å². The summed E-state index contributed by atoms with van der Waals surface area (Å²) in [4.78, 5) is 50.5. The van der Waals surface area contributed by atoms with Crippen molar-refractivity contribution in [2.24, 2.45) is 10.9 Å². The van der Waals surface area contributed by atoms with Gasteiger partial charge in [0.1, 0.15) is 28.8 Å². The lowest BCUT2D eigenvalue weighted by molar-refractivity contribution is -0.141. The van der Waals surface area contributed by atoms with Crippen LogP contribution in [0.4, 0.5) is 0 Å². The Balaban J connectivity index is 1.14. The van der Waals surface area contributed by atoms with Gasteiger partial charge in [-0.05, 0) is 68.7 Å². The van der Waals surface area contributed by atoms with E-state index in [1.54, 1.807) is 40.1 Å². The molecule has 0 spiro atoms. The second-order valence-corrected chi connectivity index (χ2v) is 15.5. The first-order valence-corrected chi connectivity index (χ1v) is 19.1. The van der Waals surface area contributed by atoms with E-state index >= 15 is 0 Å². The van der Waals surface area contributed by atoms with Gasteiger partial charge in [-0.3, -0.25) is 9.59 Å². The van der Waals surface area contributed by atoms with Crippen LogP contribution in [0.5, 0.6) is 5.75 Å². The molecule has 13 nitrogen and oxygen atoms in total. The Kier molecular flexibility index (Phi) is 11.2. The van der Waals surface area contributed by atoms with E-state index in [1.165, 1.54) is 23.4 Å². The number of carbonyl (C=O) groups excluding carboxylic acids is 3. The first-order chi connectivity index (χ1) is 25.3. The van der Waals surface area contributed by atoms with Crippen LogP contribution in [0.3, 0.4) is 0 Å². The highest BCUT2D eigenvalue weighted by Gasteiger charge is 2.43. The molecule has 3 aromatic carbocycles. The number of amides is 2. The average molecular weight is 782 g/mol. The van der Waals surface area contributed by atoms with Gasteiger partial charge < -0.3 is 25.1 Å². The van der Waals surface area contributed by atoms with Gasteiger partial charge in [-0.15, -0.1) is 0 Å². The van der Waals surface area contributed by atoms with Crippen LogP contribution in [0.1, 0.15) is 52.5 Å². The maximum absolute atomic E-state index is 14.2. The van der Waals surface area contributed by atoms with E-state index in [4.69, 9.17) is 33.7 Å². The highest BCUT2D eigenvalue weighted by atomic mass is 35.5. The number of nitrogens with two attached hydrogens (primary N) is 1. The maximum atomic E-state index is 14.2. The third-order valence-corrected chi connectivity index (χ3v) is 12.1. The second-order valence-electron chi connectivity index (χ2n) is 12.9. The molecule has 0 radical (unpaired) electrons. The zero-order valence-corrected chi connectivity index (χ0v) is 31.7. The van der Waals surface area contributed by atoms with E-state index in [2.05, 4.69) is 15.0 Å².